The van der Waals surface area contributed by atoms with Crippen LogP contribution in [0.2, 0.25) is 0 Å². The minimum Gasteiger partial charge on any atom is -0.465 e. The van der Waals surface area contributed by atoms with E-state index < -0.39 is 29.7 Å². The quantitative estimate of drug-likeness (QED) is 0.641. The molecule has 7 heteroatoms. The highest BCUT2D eigenvalue weighted by Gasteiger charge is 2.21. The molecule has 0 amide bonds. The Hall–Kier alpha value is -1.92. The minimum absolute atomic E-state index is 0.328. The van der Waals surface area contributed by atoms with Gasteiger partial charge >= 0.3 is 12.6 Å². The van der Waals surface area contributed by atoms with Crippen LogP contribution in [-0.2, 0) is 4.74 Å². The highest BCUT2D eigenvalue weighted by Crippen LogP contribution is 2.29. The molecule has 16 heavy (non-hydrogen) atoms. The molecule has 0 saturated carbocycles. The van der Waals surface area contributed by atoms with E-state index in [-0.39, 0.29) is 5.69 Å². The van der Waals surface area contributed by atoms with Crippen molar-refractivity contribution in [2.75, 3.05) is 12.8 Å². The van der Waals surface area contributed by atoms with Crippen LogP contribution in [0.25, 0.3) is 0 Å². The molecule has 0 aliphatic rings. The summed E-state index contributed by atoms with van der Waals surface area (Å²) in [4.78, 5) is 11.0. The first-order valence-electron chi connectivity index (χ1n) is 4.08. The zero-order valence-corrected chi connectivity index (χ0v) is 8.17. The lowest BCUT2D eigenvalue weighted by Crippen LogP contribution is -2.11. The maximum Gasteiger partial charge on any atom is 0.387 e. The summed E-state index contributed by atoms with van der Waals surface area (Å²) in [5, 5.41) is 0. The molecule has 0 unspecified atom stereocenters. The molecule has 1 rings (SSSR count). The number of halogens is 3. The number of ether oxygens (including phenoxy) is 2. The van der Waals surface area contributed by atoms with Crippen molar-refractivity contribution >= 4 is 11.7 Å². The van der Waals surface area contributed by atoms with Gasteiger partial charge in [0.1, 0.15) is 0 Å². The summed E-state index contributed by atoms with van der Waals surface area (Å²) in [7, 11) is 1.03. The second-order valence-electron chi connectivity index (χ2n) is 2.72. The van der Waals surface area contributed by atoms with E-state index in [4.69, 9.17) is 5.73 Å². The van der Waals surface area contributed by atoms with Gasteiger partial charge in [-0.15, -0.1) is 0 Å². The van der Waals surface area contributed by atoms with Gasteiger partial charge in [0.15, 0.2) is 11.6 Å². The van der Waals surface area contributed by atoms with Crippen molar-refractivity contribution in [2.24, 2.45) is 0 Å². The normalized spacial score (nSPS) is 10.3. The van der Waals surface area contributed by atoms with E-state index in [0.717, 1.165) is 19.2 Å². The second-order valence-corrected chi connectivity index (χ2v) is 2.72. The number of rotatable bonds is 3. The summed E-state index contributed by atoms with van der Waals surface area (Å²) < 4.78 is 45.5. The summed E-state index contributed by atoms with van der Waals surface area (Å²) in [6.07, 6.45) is 0. The molecule has 0 aromatic heterocycles. The zero-order valence-electron chi connectivity index (χ0n) is 8.17. The number of benzene rings is 1. The van der Waals surface area contributed by atoms with Crippen LogP contribution >= 0.6 is 0 Å². The van der Waals surface area contributed by atoms with Crippen molar-refractivity contribution in [1.29, 1.82) is 0 Å². The lowest BCUT2D eigenvalue weighted by Gasteiger charge is -2.10. The first-order chi connectivity index (χ1) is 7.47. The molecule has 0 aliphatic carbocycles. The Bertz CT molecular complexity index is 409. The summed E-state index contributed by atoms with van der Waals surface area (Å²) in [5.41, 5.74) is 4.38. The Morgan fingerprint density at radius 2 is 2.06 bits per heavy atom. The van der Waals surface area contributed by atoms with Gasteiger partial charge in [-0.3, -0.25) is 0 Å². The van der Waals surface area contributed by atoms with Crippen molar-refractivity contribution in [1.82, 2.24) is 0 Å². The van der Waals surface area contributed by atoms with Crippen LogP contribution in [0, 0.1) is 5.82 Å². The average molecular weight is 235 g/mol. The number of nitrogen functional groups attached to an aromatic ring is 1. The molecular formula is C9H8F3NO3. The average Bonchev–Trinajstić information content (AvgIpc) is 2.23. The molecule has 1 aromatic rings. The van der Waals surface area contributed by atoms with E-state index >= 15 is 0 Å². The van der Waals surface area contributed by atoms with Gasteiger partial charge in [0.2, 0.25) is 0 Å². The van der Waals surface area contributed by atoms with E-state index in [2.05, 4.69) is 9.47 Å². The molecule has 0 heterocycles. The number of hydrogen-bond acceptors (Lipinski definition) is 4. The number of esters is 1. The molecule has 0 spiro atoms. The Morgan fingerprint density at radius 3 is 2.56 bits per heavy atom. The summed E-state index contributed by atoms with van der Waals surface area (Å²) >= 11 is 0. The SMILES string of the molecule is COC(=O)c1ccc(N)c(OC(F)F)c1F. The number of hydrogen-bond donors (Lipinski definition) is 1. The first kappa shape index (κ1) is 12.2. The minimum atomic E-state index is -3.23. The smallest absolute Gasteiger partial charge is 0.387 e. The first-order valence-corrected chi connectivity index (χ1v) is 4.08. The maximum atomic E-state index is 13.5. The number of carbonyl (C=O) groups is 1. The van der Waals surface area contributed by atoms with Crippen LogP contribution in [0.3, 0.4) is 0 Å². The monoisotopic (exact) mass is 235 g/mol. The molecule has 88 valence electrons. The van der Waals surface area contributed by atoms with Crippen LogP contribution < -0.4 is 10.5 Å². The Balaban J connectivity index is 3.21. The number of anilines is 1. The lowest BCUT2D eigenvalue weighted by atomic mass is 10.2. The van der Waals surface area contributed by atoms with Crippen molar-refractivity contribution in [2.45, 2.75) is 6.61 Å². The van der Waals surface area contributed by atoms with Crippen LogP contribution in [0.4, 0.5) is 18.9 Å². The van der Waals surface area contributed by atoms with Gasteiger partial charge in [-0.25, -0.2) is 9.18 Å². The fourth-order valence-corrected chi connectivity index (χ4v) is 1.05. The van der Waals surface area contributed by atoms with Crippen LogP contribution in [0.15, 0.2) is 12.1 Å². The van der Waals surface area contributed by atoms with E-state index in [1.54, 1.807) is 0 Å². The van der Waals surface area contributed by atoms with Gasteiger partial charge in [-0.05, 0) is 12.1 Å². The predicted molar refractivity (Wildman–Crippen MR) is 48.8 cm³/mol. The van der Waals surface area contributed by atoms with Crippen LogP contribution in [-0.4, -0.2) is 19.7 Å². The largest absolute Gasteiger partial charge is 0.465 e. The molecule has 0 atom stereocenters. The van der Waals surface area contributed by atoms with Gasteiger partial charge in [0, 0.05) is 0 Å². The number of alkyl halides is 2. The third-order valence-electron chi connectivity index (χ3n) is 1.74. The van der Waals surface area contributed by atoms with Gasteiger partial charge in [0.05, 0.1) is 18.4 Å². The number of methoxy groups -OCH3 is 1. The van der Waals surface area contributed by atoms with E-state index in [1.807, 2.05) is 0 Å². The fourth-order valence-electron chi connectivity index (χ4n) is 1.05. The maximum absolute atomic E-state index is 13.5. The summed E-state index contributed by atoms with van der Waals surface area (Å²) in [6, 6.07) is 2.10. The van der Waals surface area contributed by atoms with Crippen molar-refractivity contribution in [3.05, 3.63) is 23.5 Å². The predicted octanol–water partition coefficient (Wildman–Crippen LogP) is 1.80. The van der Waals surface area contributed by atoms with Gasteiger partial charge < -0.3 is 15.2 Å². The van der Waals surface area contributed by atoms with Gasteiger partial charge in [0.25, 0.3) is 0 Å². The zero-order chi connectivity index (χ0) is 12.3. The highest BCUT2D eigenvalue weighted by atomic mass is 19.3. The number of carbonyl (C=O) groups excluding carboxylic acids is 1. The van der Waals surface area contributed by atoms with Crippen molar-refractivity contribution in [3.63, 3.8) is 0 Å². The highest BCUT2D eigenvalue weighted by molar-refractivity contribution is 5.91. The third-order valence-corrected chi connectivity index (χ3v) is 1.74. The van der Waals surface area contributed by atoms with Crippen molar-refractivity contribution in [3.8, 4) is 5.75 Å². The van der Waals surface area contributed by atoms with E-state index in [0.29, 0.717) is 0 Å². The molecular weight excluding hydrogens is 227 g/mol. The Morgan fingerprint density at radius 1 is 1.44 bits per heavy atom. The summed E-state index contributed by atoms with van der Waals surface area (Å²) in [5.74, 6) is -3.14. The molecule has 0 saturated heterocycles. The molecule has 1 aromatic carbocycles. The molecule has 0 aliphatic heterocycles. The topological polar surface area (TPSA) is 61.5 Å². The molecule has 0 fully saturated rings. The fraction of sp³-hybridized carbons (Fsp3) is 0.222. The van der Waals surface area contributed by atoms with Crippen molar-refractivity contribution < 1.29 is 27.4 Å². The molecule has 0 bridgehead atoms. The Kier molecular flexibility index (Phi) is 3.60. The van der Waals surface area contributed by atoms with E-state index in [1.165, 1.54) is 0 Å². The second kappa shape index (κ2) is 4.73. The number of nitrogens with two attached hydrogens (primary N) is 1. The molecule has 4 nitrogen and oxygen atoms in total. The van der Waals surface area contributed by atoms with Gasteiger partial charge in [-0.1, -0.05) is 0 Å². The Labute approximate surface area is 88.8 Å². The summed E-state index contributed by atoms with van der Waals surface area (Å²) in [6.45, 7) is -3.23. The third kappa shape index (κ3) is 2.36. The van der Waals surface area contributed by atoms with Gasteiger partial charge in [-0.2, -0.15) is 8.78 Å². The molecule has 2 N–H and O–H groups in total. The van der Waals surface area contributed by atoms with Crippen LogP contribution in [0.5, 0.6) is 5.75 Å². The lowest BCUT2D eigenvalue weighted by molar-refractivity contribution is -0.0517. The van der Waals surface area contributed by atoms with Crippen LogP contribution in [0.1, 0.15) is 10.4 Å². The standard InChI is InChI=1S/C9H8F3NO3/c1-15-8(14)4-2-3-5(13)7(6(4)10)16-9(11)12/h2-3,9H,13H2,1H3. The molecule has 0 radical (unpaired) electrons. The van der Waals surface area contributed by atoms with E-state index in [9.17, 15) is 18.0 Å².